The molecule has 1 aromatic rings. The van der Waals surface area contributed by atoms with Crippen LogP contribution in [0, 0.1) is 11.8 Å². The van der Waals surface area contributed by atoms with E-state index in [1.165, 1.54) is 0 Å². The fourth-order valence-electron chi connectivity index (χ4n) is 2.21. The summed E-state index contributed by atoms with van der Waals surface area (Å²) < 4.78 is 0. The minimum absolute atomic E-state index is 0.139. The van der Waals surface area contributed by atoms with Crippen molar-refractivity contribution < 1.29 is 9.90 Å². The van der Waals surface area contributed by atoms with Crippen LogP contribution in [0.1, 0.15) is 6.92 Å². The number of aromatic nitrogens is 2. The molecule has 2 heterocycles. The van der Waals surface area contributed by atoms with Crippen LogP contribution in [0.25, 0.3) is 0 Å². The highest BCUT2D eigenvalue weighted by molar-refractivity contribution is 5.72. The summed E-state index contributed by atoms with van der Waals surface area (Å²) in [6.45, 7) is 3.20. The topological polar surface area (TPSA) is 69.6 Å². The van der Waals surface area contributed by atoms with Crippen LogP contribution in [-0.2, 0) is 4.79 Å². The Hall–Kier alpha value is -1.85. The molecule has 6 nitrogen and oxygen atoms in total. The first-order valence-corrected chi connectivity index (χ1v) is 5.97. The van der Waals surface area contributed by atoms with Crippen LogP contribution in [0.2, 0.25) is 0 Å². The third-order valence-electron chi connectivity index (χ3n) is 3.28. The zero-order valence-corrected chi connectivity index (χ0v) is 10.9. The van der Waals surface area contributed by atoms with Crippen molar-refractivity contribution in [1.82, 2.24) is 9.97 Å². The lowest BCUT2D eigenvalue weighted by Gasteiger charge is -2.18. The normalized spacial score (nSPS) is 23.2. The molecule has 0 amide bonds. The van der Waals surface area contributed by atoms with Gasteiger partial charge in [-0.2, -0.15) is 4.98 Å². The molecular formula is C12H18N4O2. The van der Waals surface area contributed by atoms with Crippen molar-refractivity contribution >= 4 is 17.7 Å². The Kier molecular flexibility index (Phi) is 3.36. The lowest BCUT2D eigenvalue weighted by atomic mass is 9.99. The van der Waals surface area contributed by atoms with Gasteiger partial charge in [0.25, 0.3) is 0 Å². The molecule has 1 fully saturated rings. The van der Waals surface area contributed by atoms with E-state index < -0.39 is 5.97 Å². The molecule has 2 unspecified atom stereocenters. The van der Waals surface area contributed by atoms with Crippen LogP contribution in [0.15, 0.2) is 12.3 Å². The van der Waals surface area contributed by atoms with Crippen molar-refractivity contribution in [2.75, 3.05) is 37.0 Å². The van der Waals surface area contributed by atoms with Crippen LogP contribution < -0.4 is 9.80 Å². The van der Waals surface area contributed by atoms with Crippen molar-refractivity contribution in [2.24, 2.45) is 11.8 Å². The second kappa shape index (κ2) is 4.80. The first-order chi connectivity index (χ1) is 8.49. The Morgan fingerprint density at radius 1 is 1.50 bits per heavy atom. The molecule has 1 saturated heterocycles. The number of aliphatic carboxylic acids is 1. The number of rotatable bonds is 3. The number of hydrogen-bond donors (Lipinski definition) is 1. The van der Waals surface area contributed by atoms with E-state index >= 15 is 0 Å². The van der Waals surface area contributed by atoms with Crippen molar-refractivity contribution in [3.8, 4) is 0 Å². The lowest BCUT2D eigenvalue weighted by Crippen LogP contribution is -2.24. The second-order valence-electron chi connectivity index (χ2n) is 4.94. The van der Waals surface area contributed by atoms with E-state index in [1.54, 1.807) is 6.20 Å². The molecule has 0 saturated carbocycles. The largest absolute Gasteiger partial charge is 0.481 e. The van der Waals surface area contributed by atoms with Crippen molar-refractivity contribution in [2.45, 2.75) is 6.92 Å². The van der Waals surface area contributed by atoms with Gasteiger partial charge in [0.15, 0.2) is 0 Å². The predicted molar refractivity (Wildman–Crippen MR) is 68.9 cm³/mol. The van der Waals surface area contributed by atoms with Crippen LogP contribution in [0.4, 0.5) is 11.8 Å². The molecule has 1 aliphatic rings. The van der Waals surface area contributed by atoms with Crippen LogP contribution in [0.3, 0.4) is 0 Å². The minimum atomic E-state index is -0.730. The van der Waals surface area contributed by atoms with Gasteiger partial charge in [0.05, 0.1) is 5.92 Å². The average molecular weight is 250 g/mol. The summed E-state index contributed by atoms with van der Waals surface area (Å²) in [5, 5.41) is 9.12. The molecule has 6 heteroatoms. The van der Waals surface area contributed by atoms with Crippen LogP contribution >= 0.6 is 0 Å². The number of anilines is 2. The molecule has 0 aromatic carbocycles. The number of carbonyl (C=O) groups is 1. The number of hydrogen-bond acceptors (Lipinski definition) is 5. The maximum atomic E-state index is 11.1. The highest BCUT2D eigenvalue weighted by atomic mass is 16.4. The number of nitrogens with zero attached hydrogens (tertiary/aromatic N) is 4. The van der Waals surface area contributed by atoms with E-state index in [1.807, 2.05) is 36.9 Å². The summed E-state index contributed by atoms with van der Waals surface area (Å²) in [6.07, 6.45) is 1.70. The van der Waals surface area contributed by atoms with E-state index in [0.29, 0.717) is 12.5 Å². The highest BCUT2D eigenvalue weighted by Gasteiger charge is 2.35. The van der Waals surface area contributed by atoms with Crippen molar-refractivity contribution in [3.63, 3.8) is 0 Å². The van der Waals surface area contributed by atoms with E-state index in [9.17, 15) is 4.79 Å². The Morgan fingerprint density at radius 2 is 2.22 bits per heavy atom. The maximum absolute atomic E-state index is 11.1. The molecule has 0 bridgehead atoms. The molecule has 2 rings (SSSR count). The Labute approximate surface area is 106 Å². The molecule has 18 heavy (non-hydrogen) atoms. The standard InChI is InChI=1S/C12H18N4O2/c1-8-6-16(7-9(8)11(17)18)10-4-5-13-12(14-10)15(2)3/h4-5,8-9H,6-7H2,1-3H3,(H,17,18). The van der Waals surface area contributed by atoms with Gasteiger partial charge in [-0.05, 0) is 12.0 Å². The lowest BCUT2D eigenvalue weighted by molar-refractivity contribution is -0.142. The van der Waals surface area contributed by atoms with E-state index in [-0.39, 0.29) is 11.8 Å². The molecule has 0 radical (unpaired) electrons. The van der Waals surface area contributed by atoms with E-state index in [0.717, 1.165) is 12.4 Å². The van der Waals surface area contributed by atoms with Crippen molar-refractivity contribution in [1.29, 1.82) is 0 Å². The number of carboxylic acids is 1. The van der Waals surface area contributed by atoms with Gasteiger partial charge in [0.2, 0.25) is 5.95 Å². The summed E-state index contributed by atoms with van der Waals surface area (Å²) in [7, 11) is 3.76. The predicted octanol–water partition coefficient (Wildman–Crippen LogP) is 0.699. The smallest absolute Gasteiger partial charge is 0.308 e. The van der Waals surface area contributed by atoms with Gasteiger partial charge in [0.1, 0.15) is 5.82 Å². The molecule has 0 aliphatic carbocycles. The molecule has 1 aromatic heterocycles. The molecule has 2 atom stereocenters. The minimum Gasteiger partial charge on any atom is -0.481 e. The zero-order chi connectivity index (χ0) is 13.3. The summed E-state index contributed by atoms with van der Waals surface area (Å²) in [4.78, 5) is 23.5. The summed E-state index contributed by atoms with van der Waals surface area (Å²) in [5.41, 5.74) is 0. The average Bonchev–Trinajstić information content (AvgIpc) is 2.71. The maximum Gasteiger partial charge on any atom is 0.308 e. The number of carboxylic acid groups (broad SMARTS) is 1. The highest BCUT2D eigenvalue weighted by Crippen LogP contribution is 2.27. The fraction of sp³-hybridized carbons (Fsp3) is 0.583. The van der Waals surface area contributed by atoms with Gasteiger partial charge in [-0.1, -0.05) is 6.92 Å². The summed E-state index contributed by atoms with van der Waals surface area (Å²) >= 11 is 0. The van der Waals surface area contributed by atoms with Crippen molar-refractivity contribution in [3.05, 3.63) is 12.3 Å². The Bertz CT molecular complexity index is 449. The third-order valence-corrected chi connectivity index (χ3v) is 3.28. The first-order valence-electron chi connectivity index (χ1n) is 5.97. The SMILES string of the molecule is CC1CN(c2ccnc(N(C)C)n2)CC1C(=O)O. The zero-order valence-electron chi connectivity index (χ0n) is 10.9. The van der Waals surface area contributed by atoms with Gasteiger partial charge in [0, 0.05) is 33.4 Å². The van der Waals surface area contributed by atoms with Gasteiger partial charge < -0.3 is 14.9 Å². The quantitative estimate of drug-likeness (QED) is 0.851. The van der Waals surface area contributed by atoms with Crippen LogP contribution in [0.5, 0.6) is 0 Å². The Morgan fingerprint density at radius 3 is 2.78 bits per heavy atom. The molecule has 98 valence electrons. The molecular weight excluding hydrogens is 232 g/mol. The van der Waals surface area contributed by atoms with E-state index in [4.69, 9.17) is 5.11 Å². The molecule has 1 N–H and O–H groups in total. The molecule has 0 spiro atoms. The van der Waals surface area contributed by atoms with Gasteiger partial charge in [-0.15, -0.1) is 0 Å². The van der Waals surface area contributed by atoms with Gasteiger partial charge in [-0.3, -0.25) is 4.79 Å². The van der Waals surface area contributed by atoms with Gasteiger partial charge >= 0.3 is 5.97 Å². The summed E-state index contributed by atoms with van der Waals surface area (Å²) in [6, 6.07) is 1.82. The fourth-order valence-corrected chi connectivity index (χ4v) is 2.21. The Balaban J connectivity index is 2.18. The summed E-state index contributed by atoms with van der Waals surface area (Å²) in [5.74, 6) is 0.526. The molecule has 1 aliphatic heterocycles. The third kappa shape index (κ3) is 2.37. The van der Waals surface area contributed by atoms with Crippen LogP contribution in [-0.4, -0.2) is 48.2 Å². The monoisotopic (exact) mass is 250 g/mol. The second-order valence-corrected chi connectivity index (χ2v) is 4.94. The van der Waals surface area contributed by atoms with Gasteiger partial charge in [-0.25, -0.2) is 4.98 Å². The van der Waals surface area contributed by atoms with E-state index in [2.05, 4.69) is 9.97 Å². The first kappa shape index (κ1) is 12.6.